The van der Waals surface area contributed by atoms with Gasteiger partial charge in [0, 0.05) is 27.9 Å². The lowest BCUT2D eigenvalue weighted by molar-refractivity contribution is -0.122. The molecule has 0 aliphatic rings. The lowest BCUT2D eigenvalue weighted by atomic mass is 10.1. The number of amides is 2. The first kappa shape index (κ1) is 23.6. The minimum Gasteiger partial charge on any atom is -0.350 e. The summed E-state index contributed by atoms with van der Waals surface area (Å²) >= 11 is 1.70. The highest BCUT2D eigenvalue weighted by atomic mass is 32.1. The molecular weight excluding hydrogens is 446 g/mol. The van der Waals surface area contributed by atoms with Crippen molar-refractivity contribution in [2.45, 2.75) is 53.2 Å². The standard InChI is InChI=1S/C26H29N5O2S/c1-15(2)31-24-22(14-28-31)21(12-23(30-24)20-11-16(3)34-18(20)5)26(33)29-17(4)25(32)27-13-19-9-7-6-8-10-19/h6-12,14-15,17H,13H2,1-5H3,(H,27,32)(H,29,33). The molecule has 2 amide bonds. The van der Waals surface area contributed by atoms with E-state index in [9.17, 15) is 9.59 Å². The largest absolute Gasteiger partial charge is 0.350 e. The second-order valence-corrected chi connectivity index (χ2v) is 10.2. The van der Waals surface area contributed by atoms with E-state index in [-0.39, 0.29) is 17.9 Å². The first-order valence-corrected chi connectivity index (χ1v) is 12.1. The highest BCUT2D eigenvalue weighted by Crippen LogP contribution is 2.32. The summed E-state index contributed by atoms with van der Waals surface area (Å²) < 4.78 is 1.82. The van der Waals surface area contributed by atoms with E-state index in [4.69, 9.17) is 4.98 Å². The van der Waals surface area contributed by atoms with Crippen LogP contribution in [0.5, 0.6) is 0 Å². The zero-order chi connectivity index (χ0) is 24.4. The Morgan fingerprint density at radius 1 is 1.09 bits per heavy atom. The quantitative estimate of drug-likeness (QED) is 0.402. The van der Waals surface area contributed by atoms with E-state index >= 15 is 0 Å². The third-order valence-electron chi connectivity index (χ3n) is 5.67. The minimum atomic E-state index is -0.701. The van der Waals surface area contributed by atoms with Crippen LogP contribution in [0.3, 0.4) is 0 Å². The van der Waals surface area contributed by atoms with Crippen LogP contribution in [0.2, 0.25) is 0 Å². The topological polar surface area (TPSA) is 88.9 Å². The number of fused-ring (bicyclic) bond motifs is 1. The van der Waals surface area contributed by atoms with Crippen LogP contribution >= 0.6 is 11.3 Å². The molecule has 3 aromatic heterocycles. The van der Waals surface area contributed by atoms with E-state index in [0.717, 1.165) is 21.7 Å². The van der Waals surface area contributed by atoms with Gasteiger partial charge in [0.25, 0.3) is 5.91 Å². The molecule has 4 aromatic rings. The number of nitrogens with zero attached hydrogens (tertiary/aromatic N) is 3. The van der Waals surface area contributed by atoms with Gasteiger partial charge in [-0.15, -0.1) is 11.3 Å². The fourth-order valence-electron chi connectivity index (χ4n) is 3.88. The Hall–Kier alpha value is -3.52. The summed E-state index contributed by atoms with van der Waals surface area (Å²) in [7, 11) is 0. The highest BCUT2D eigenvalue weighted by Gasteiger charge is 2.22. The van der Waals surface area contributed by atoms with Crippen LogP contribution in [-0.2, 0) is 11.3 Å². The van der Waals surface area contributed by atoms with Crippen LogP contribution in [-0.4, -0.2) is 32.6 Å². The second-order valence-electron chi connectivity index (χ2n) is 8.70. The summed E-state index contributed by atoms with van der Waals surface area (Å²) in [6.07, 6.45) is 1.67. The molecule has 34 heavy (non-hydrogen) atoms. The maximum absolute atomic E-state index is 13.3. The number of nitrogens with one attached hydrogen (secondary N) is 2. The van der Waals surface area contributed by atoms with Crippen LogP contribution in [0, 0.1) is 13.8 Å². The molecule has 4 rings (SSSR count). The maximum Gasteiger partial charge on any atom is 0.252 e. The number of thiophene rings is 1. The summed E-state index contributed by atoms with van der Waals surface area (Å²) in [5.41, 5.74) is 3.84. The third-order valence-corrected chi connectivity index (χ3v) is 6.63. The number of aromatic nitrogens is 3. The molecule has 0 bridgehead atoms. The number of benzene rings is 1. The van der Waals surface area contributed by atoms with Crippen molar-refractivity contribution in [2.24, 2.45) is 0 Å². The Labute approximate surface area is 203 Å². The summed E-state index contributed by atoms with van der Waals surface area (Å²) in [5.74, 6) is -0.575. The van der Waals surface area contributed by atoms with Gasteiger partial charge in [0.1, 0.15) is 6.04 Å². The Balaban J connectivity index is 1.62. The van der Waals surface area contributed by atoms with Crippen molar-refractivity contribution in [1.82, 2.24) is 25.4 Å². The Morgan fingerprint density at radius 2 is 1.82 bits per heavy atom. The first-order valence-electron chi connectivity index (χ1n) is 11.3. The van der Waals surface area contributed by atoms with E-state index in [0.29, 0.717) is 23.1 Å². The molecule has 0 aliphatic heterocycles. The number of carbonyl (C=O) groups is 2. The lowest BCUT2D eigenvalue weighted by Crippen LogP contribution is -2.44. The number of carbonyl (C=O) groups excluding carboxylic acids is 2. The molecule has 1 unspecified atom stereocenters. The zero-order valence-corrected chi connectivity index (χ0v) is 20.9. The molecule has 176 valence electrons. The van der Waals surface area contributed by atoms with Crippen molar-refractivity contribution in [1.29, 1.82) is 0 Å². The molecule has 1 aromatic carbocycles. The Kier molecular flexibility index (Phi) is 6.79. The first-order chi connectivity index (χ1) is 16.2. The lowest BCUT2D eigenvalue weighted by Gasteiger charge is -2.15. The molecule has 0 saturated heterocycles. The SMILES string of the molecule is Cc1cc(-c2cc(C(=O)NC(C)C(=O)NCc3ccccc3)c3cnn(C(C)C)c3n2)c(C)s1. The van der Waals surface area contributed by atoms with Crippen molar-refractivity contribution in [3.05, 3.63) is 69.5 Å². The second kappa shape index (κ2) is 9.77. The molecule has 2 N–H and O–H groups in total. The van der Waals surface area contributed by atoms with Crippen molar-refractivity contribution in [3.63, 3.8) is 0 Å². The number of pyridine rings is 1. The maximum atomic E-state index is 13.3. The van der Waals surface area contributed by atoms with E-state index < -0.39 is 6.04 Å². The van der Waals surface area contributed by atoms with Crippen LogP contribution in [0.1, 0.15) is 52.5 Å². The number of aryl methyl sites for hydroxylation is 2. The van der Waals surface area contributed by atoms with Gasteiger partial charge in [-0.25, -0.2) is 9.67 Å². The van der Waals surface area contributed by atoms with Gasteiger partial charge >= 0.3 is 0 Å². The van der Waals surface area contributed by atoms with E-state index in [1.54, 1.807) is 30.5 Å². The molecule has 3 heterocycles. The van der Waals surface area contributed by atoms with Gasteiger partial charge in [0.2, 0.25) is 5.91 Å². The van der Waals surface area contributed by atoms with Gasteiger partial charge in [0.15, 0.2) is 5.65 Å². The smallest absolute Gasteiger partial charge is 0.252 e. The predicted octanol–water partition coefficient (Wildman–Crippen LogP) is 4.79. The minimum absolute atomic E-state index is 0.0872. The average Bonchev–Trinajstić information content (AvgIpc) is 3.39. The van der Waals surface area contributed by atoms with Gasteiger partial charge in [-0.2, -0.15) is 5.10 Å². The van der Waals surface area contributed by atoms with Gasteiger partial charge in [-0.05, 0) is 52.3 Å². The van der Waals surface area contributed by atoms with Crippen LogP contribution in [0.25, 0.3) is 22.3 Å². The molecule has 0 aliphatic carbocycles. The molecule has 0 saturated carbocycles. The van der Waals surface area contributed by atoms with Gasteiger partial charge in [-0.1, -0.05) is 30.3 Å². The van der Waals surface area contributed by atoms with Crippen molar-refractivity contribution < 1.29 is 9.59 Å². The van der Waals surface area contributed by atoms with Crippen molar-refractivity contribution >= 4 is 34.2 Å². The molecule has 8 heteroatoms. The van der Waals surface area contributed by atoms with Gasteiger partial charge < -0.3 is 10.6 Å². The van der Waals surface area contributed by atoms with Crippen LogP contribution < -0.4 is 10.6 Å². The predicted molar refractivity (Wildman–Crippen MR) is 136 cm³/mol. The van der Waals surface area contributed by atoms with Gasteiger partial charge in [0.05, 0.1) is 22.8 Å². The molecule has 0 spiro atoms. The monoisotopic (exact) mass is 475 g/mol. The molecular formula is C26H29N5O2S. The van der Waals surface area contributed by atoms with Crippen LogP contribution in [0.4, 0.5) is 0 Å². The third kappa shape index (κ3) is 4.87. The van der Waals surface area contributed by atoms with Crippen LogP contribution in [0.15, 0.2) is 48.7 Å². The average molecular weight is 476 g/mol. The fraction of sp³-hybridized carbons (Fsp3) is 0.308. The summed E-state index contributed by atoms with van der Waals surface area (Å²) in [6, 6.07) is 12.9. The molecule has 0 fully saturated rings. The van der Waals surface area contributed by atoms with Crippen molar-refractivity contribution in [3.8, 4) is 11.3 Å². The molecule has 1 atom stereocenters. The zero-order valence-electron chi connectivity index (χ0n) is 20.0. The Bertz CT molecular complexity index is 1340. The Morgan fingerprint density at radius 3 is 2.47 bits per heavy atom. The fourth-order valence-corrected chi connectivity index (χ4v) is 4.82. The van der Waals surface area contributed by atoms with E-state index in [1.165, 1.54) is 4.88 Å². The highest BCUT2D eigenvalue weighted by molar-refractivity contribution is 7.12. The van der Waals surface area contributed by atoms with E-state index in [2.05, 4.69) is 35.6 Å². The normalized spacial score (nSPS) is 12.2. The summed E-state index contributed by atoms with van der Waals surface area (Å²) in [6.45, 7) is 10.3. The van der Waals surface area contributed by atoms with Crippen molar-refractivity contribution in [2.75, 3.05) is 0 Å². The van der Waals surface area contributed by atoms with E-state index in [1.807, 2.05) is 48.9 Å². The number of hydrogen-bond acceptors (Lipinski definition) is 5. The summed E-state index contributed by atoms with van der Waals surface area (Å²) in [4.78, 5) is 33.2. The number of hydrogen-bond donors (Lipinski definition) is 2. The molecule has 0 radical (unpaired) electrons. The molecule has 7 nitrogen and oxygen atoms in total. The summed E-state index contributed by atoms with van der Waals surface area (Å²) in [5, 5.41) is 10.9. The van der Waals surface area contributed by atoms with Gasteiger partial charge in [-0.3, -0.25) is 9.59 Å². The number of rotatable bonds is 7.